The molecule has 1 saturated carbocycles. The van der Waals surface area contributed by atoms with Crippen molar-refractivity contribution >= 4 is 29.4 Å². The molecule has 4 N–H and O–H groups in total. The van der Waals surface area contributed by atoms with Crippen LogP contribution in [0.2, 0.25) is 0 Å². The molecule has 0 heterocycles. The van der Waals surface area contributed by atoms with Gasteiger partial charge in [-0.05, 0) is 67.2 Å². The Morgan fingerprint density at radius 3 is 2.26 bits per heavy atom. The van der Waals surface area contributed by atoms with Crippen LogP contribution in [0.15, 0.2) is 48.5 Å². The van der Waals surface area contributed by atoms with Gasteiger partial charge in [-0.15, -0.1) is 13.2 Å². The van der Waals surface area contributed by atoms with E-state index in [1.54, 1.807) is 48.5 Å². The standard InChI is InChI=1S/C25H27F3N2O5/c26-25(27,28)35-21-10-8-20(9-11-21)34-24(32)18-4-1-16(2-5-18)3-12-23(31)33-14-13-17-6-7-19(29)15-22(17)30/h1-7,12,15,20-21H,8-11,13-14,29-30H2/b12-3+. The van der Waals surface area contributed by atoms with Gasteiger partial charge < -0.3 is 20.9 Å². The van der Waals surface area contributed by atoms with Crippen molar-refractivity contribution in [1.82, 2.24) is 0 Å². The maximum atomic E-state index is 12.3. The highest BCUT2D eigenvalue weighted by Gasteiger charge is 2.36. The lowest BCUT2D eigenvalue weighted by Crippen LogP contribution is -2.31. The molecular weight excluding hydrogens is 465 g/mol. The molecule has 2 aromatic carbocycles. The number of alkyl halides is 3. The number of anilines is 2. The Bertz CT molecular complexity index is 1050. The molecule has 0 unspecified atom stereocenters. The highest BCUT2D eigenvalue weighted by molar-refractivity contribution is 5.90. The maximum absolute atomic E-state index is 12.3. The van der Waals surface area contributed by atoms with E-state index in [4.69, 9.17) is 20.9 Å². The van der Waals surface area contributed by atoms with Gasteiger partial charge in [-0.25, -0.2) is 9.59 Å². The van der Waals surface area contributed by atoms with Crippen molar-refractivity contribution in [2.75, 3.05) is 18.1 Å². The van der Waals surface area contributed by atoms with E-state index in [1.165, 1.54) is 6.08 Å². The van der Waals surface area contributed by atoms with Crippen molar-refractivity contribution in [1.29, 1.82) is 0 Å². The smallest absolute Gasteiger partial charge is 0.462 e. The van der Waals surface area contributed by atoms with Crippen LogP contribution in [0.1, 0.15) is 47.2 Å². The van der Waals surface area contributed by atoms with E-state index in [0.717, 1.165) is 5.56 Å². The fourth-order valence-electron chi connectivity index (χ4n) is 3.72. The van der Waals surface area contributed by atoms with Crippen molar-refractivity contribution in [3.8, 4) is 0 Å². The minimum Gasteiger partial charge on any atom is -0.462 e. The van der Waals surface area contributed by atoms with Crippen LogP contribution < -0.4 is 11.5 Å². The Morgan fingerprint density at radius 1 is 0.971 bits per heavy atom. The lowest BCUT2D eigenvalue weighted by atomic mass is 9.95. The van der Waals surface area contributed by atoms with E-state index < -0.39 is 30.5 Å². The van der Waals surface area contributed by atoms with Gasteiger partial charge in [-0.1, -0.05) is 18.2 Å². The van der Waals surface area contributed by atoms with Crippen LogP contribution in [-0.2, 0) is 25.4 Å². The van der Waals surface area contributed by atoms with Crippen LogP contribution in [0.4, 0.5) is 24.5 Å². The first-order valence-electron chi connectivity index (χ1n) is 11.1. The molecule has 0 atom stereocenters. The number of hydrogen-bond acceptors (Lipinski definition) is 7. The molecule has 188 valence electrons. The number of esters is 2. The normalized spacial score (nSPS) is 18.4. The maximum Gasteiger partial charge on any atom is 0.522 e. The lowest BCUT2D eigenvalue weighted by Gasteiger charge is -2.28. The summed E-state index contributed by atoms with van der Waals surface area (Å²) < 4.78 is 51.5. The number of carbonyl (C=O) groups is 2. The first kappa shape index (κ1) is 26.1. The summed E-state index contributed by atoms with van der Waals surface area (Å²) in [7, 11) is 0. The number of carbonyl (C=O) groups excluding carboxylic acids is 2. The quantitative estimate of drug-likeness (QED) is 0.313. The predicted octanol–water partition coefficient (Wildman–Crippen LogP) is 4.65. The van der Waals surface area contributed by atoms with Gasteiger partial charge in [-0.2, -0.15) is 0 Å². The molecule has 3 rings (SSSR count). The van der Waals surface area contributed by atoms with E-state index in [2.05, 4.69) is 4.74 Å². The third kappa shape index (κ3) is 8.64. The van der Waals surface area contributed by atoms with Crippen molar-refractivity contribution in [2.24, 2.45) is 0 Å². The second-order valence-corrected chi connectivity index (χ2v) is 8.20. The third-order valence-corrected chi connectivity index (χ3v) is 5.54. The average Bonchev–Trinajstić information content (AvgIpc) is 2.80. The van der Waals surface area contributed by atoms with Gasteiger partial charge in [0.2, 0.25) is 0 Å². The van der Waals surface area contributed by atoms with Crippen LogP contribution >= 0.6 is 0 Å². The van der Waals surface area contributed by atoms with Crippen molar-refractivity contribution in [3.63, 3.8) is 0 Å². The molecule has 0 aromatic heterocycles. The number of benzene rings is 2. The van der Waals surface area contributed by atoms with Gasteiger partial charge in [0.25, 0.3) is 0 Å². The zero-order valence-electron chi connectivity index (χ0n) is 18.9. The Hall–Kier alpha value is -3.53. The summed E-state index contributed by atoms with van der Waals surface area (Å²) in [6.07, 6.45) is -1.77. The number of ether oxygens (including phenoxy) is 3. The van der Waals surface area contributed by atoms with Crippen LogP contribution in [-0.4, -0.2) is 37.1 Å². The zero-order valence-corrected chi connectivity index (χ0v) is 18.9. The minimum absolute atomic E-state index is 0.159. The first-order chi connectivity index (χ1) is 16.6. The van der Waals surface area contributed by atoms with Gasteiger partial charge in [-0.3, -0.25) is 4.74 Å². The average molecular weight is 492 g/mol. The van der Waals surface area contributed by atoms with Gasteiger partial charge in [0.05, 0.1) is 18.3 Å². The summed E-state index contributed by atoms with van der Waals surface area (Å²) in [5.41, 5.74) is 14.4. The number of rotatable bonds is 8. The third-order valence-electron chi connectivity index (χ3n) is 5.54. The van der Waals surface area contributed by atoms with Crippen molar-refractivity contribution < 1.29 is 37.0 Å². The summed E-state index contributed by atoms with van der Waals surface area (Å²) >= 11 is 0. The Labute approximate surface area is 200 Å². The molecule has 0 amide bonds. The summed E-state index contributed by atoms with van der Waals surface area (Å²) in [5.74, 6) is -1.07. The second-order valence-electron chi connectivity index (χ2n) is 8.20. The molecular formula is C25H27F3N2O5. The van der Waals surface area contributed by atoms with E-state index >= 15 is 0 Å². The monoisotopic (exact) mass is 492 g/mol. The van der Waals surface area contributed by atoms with Crippen LogP contribution in [0.25, 0.3) is 6.08 Å². The van der Waals surface area contributed by atoms with Crippen molar-refractivity contribution in [2.45, 2.75) is 50.7 Å². The van der Waals surface area contributed by atoms with Gasteiger partial charge >= 0.3 is 18.3 Å². The number of hydrogen-bond donors (Lipinski definition) is 2. The topological polar surface area (TPSA) is 114 Å². The Kier molecular flexibility index (Phi) is 8.75. The Balaban J connectivity index is 1.41. The van der Waals surface area contributed by atoms with Crippen LogP contribution in [0.5, 0.6) is 0 Å². The van der Waals surface area contributed by atoms with Crippen molar-refractivity contribution in [3.05, 3.63) is 65.2 Å². The number of nitrogen functional groups attached to an aromatic ring is 2. The molecule has 7 nitrogen and oxygen atoms in total. The van der Waals surface area contributed by atoms with Gasteiger partial charge in [0.1, 0.15) is 6.10 Å². The summed E-state index contributed by atoms with van der Waals surface area (Å²) in [5, 5.41) is 0. The molecule has 1 aliphatic rings. The molecule has 0 aliphatic heterocycles. The van der Waals surface area contributed by atoms with Gasteiger partial charge in [0, 0.05) is 23.9 Å². The van der Waals surface area contributed by atoms with E-state index in [0.29, 0.717) is 41.8 Å². The van der Waals surface area contributed by atoms with E-state index in [1.807, 2.05) is 0 Å². The van der Waals surface area contributed by atoms with E-state index in [-0.39, 0.29) is 19.4 Å². The van der Waals surface area contributed by atoms with Gasteiger partial charge in [0.15, 0.2) is 0 Å². The zero-order chi connectivity index (χ0) is 25.4. The fourth-order valence-corrected chi connectivity index (χ4v) is 3.72. The van der Waals surface area contributed by atoms with Crippen LogP contribution in [0.3, 0.4) is 0 Å². The highest BCUT2D eigenvalue weighted by Crippen LogP contribution is 2.29. The Morgan fingerprint density at radius 2 is 1.63 bits per heavy atom. The summed E-state index contributed by atoms with van der Waals surface area (Å²) in [4.78, 5) is 24.3. The molecule has 0 saturated heterocycles. The SMILES string of the molecule is Nc1ccc(CCOC(=O)/C=C/c2ccc(C(=O)OC3CCC(OC(F)(F)F)CC3)cc2)c(N)c1. The fraction of sp³-hybridized carbons (Fsp3) is 0.360. The molecule has 0 radical (unpaired) electrons. The highest BCUT2D eigenvalue weighted by atomic mass is 19.4. The molecule has 1 aliphatic carbocycles. The first-order valence-corrected chi connectivity index (χ1v) is 11.1. The predicted molar refractivity (Wildman–Crippen MR) is 124 cm³/mol. The molecule has 35 heavy (non-hydrogen) atoms. The van der Waals surface area contributed by atoms with Crippen LogP contribution in [0, 0.1) is 0 Å². The number of nitrogens with two attached hydrogens (primary N) is 2. The summed E-state index contributed by atoms with van der Waals surface area (Å²) in [6.45, 7) is 0.159. The molecule has 0 spiro atoms. The molecule has 2 aromatic rings. The number of halogens is 3. The summed E-state index contributed by atoms with van der Waals surface area (Å²) in [6, 6.07) is 11.5. The lowest BCUT2D eigenvalue weighted by molar-refractivity contribution is -0.346. The van der Waals surface area contributed by atoms with E-state index in [9.17, 15) is 22.8 Å². The second kappa shape index (κ2) is 11.7. The minimum atomic E-state index is -4.66. The molecule has 1 fully saturated rings. The molecule has 10 heteroatoms. The molecule has 0 bridgehead atoms. The largest absolute Gasteiger partial charge is 0.522 e.